The van der Waals surface area contributed by atoms with Crippen LogP contribution >= 0.6 is 15.9 Å². The lowest BCUT2D eigenvalue weighted by atomic mass is 9.90. The molecule has 0 atom stereocenters. The monoisotopic (exact) mass is 525 g/mol. The first-order valence-electron chi connectivity index (χ1n) is 11.5. The number of hydrogen-bond acceptors (Lipinski definition) is 4. The lowest BCUT2D eigenvalue weighted by molar-refractivity contribution is -0.115. The largest absolute Gasteiger partial charge is 0.392 e. The van der Waals surface area contributed by atoms with E-state index in [9.17, 15) is 9.90 Å². The molecule has 35 heavy (non-hydrogen) atoms. The van der Waals surface area contributed by atoms with Crippen LogP contribution in [0.25, 0.3) is 23.4 Å². The first-order valence-corrected chi connectivity index (χ1v) is 12.3. The minimum absolute atomic E-state index is 0.0141. The summed E-state index contributed by atoms with van der Waals surface area (Å²) in [6.45, 7) is 0.0141. The normalized spacial score (nSPS) is 12.3. The number of aryl methyl sites for hydroxylation is 2. The van der Waals surface area contributed by atoms with Gasteiger partial charge in [-0.1, -0.05) is 82.7 Å². The fourth-order valence-electron chi connectivity index (χ4n) is 4.22. The van der Waals surface area contributed by atoms with Gasteiger partial charge in [0.05, 0.1) is 24.4 Å². The van der Waals surface area contributed by atoms with Gasteiger partial charge in [-0.2, -0.15) is 0 Å². The fraction of sp³-hybridized carbons (Fsp3) is 0.138. The second-order valence-corrected chi connectivity index (χ2v) is 9.41. The van der Waals surface area contributed by atoms with Crippen molar-refractivity contribution in [1.29, 1.82) is 0 Å². The second kappa shape index (κ2) is 10.3. The summed E-state index contributed by atoms with van der Waals surface area (Å²) in [5.74, 6) is 0.327. The number of hydrogen-bond donors (Lipinski definition) is 2. The van der Waals surface area contributed by atoms with Crippen LogP contribution in [0.15, 0.2) is 77.3 Å². The van der Waals surface area contributed by atoms with E-state index in [-0.39, 0.29) is 18.9 Å². The molecular formula is C29H24BrN3O2. The first kappa shape index (κ1) is 23.1. The third-order valence-corrected chi connectivity index (χ3v) is 6.53. The Balaban J connectivity index is 1.50. The van der Waals surface area contributed by atoms with Crippen LogP contribution in [-0.4, -0.2) is 21.0 Å². The van der Waals surface area contributed by atoms with Gasteiger partial charge in [0.1, 0.15) is 5.69 Å². The van der Waals surface area contributed by atoms with Crippen molar-refractivity contribution in [2.24, 2.45) is 0 Å². The highest BCUT2D eigenvalue weighted by Crippen LogP contribution is 2.34. The number of amides is 1. The number of anilines is 1. The predicted molar refractivity (Wildman–Crippen MR) is 143 cm³/mol. The van der Waals surface area contributed by atoms with Crippen molar-refractivity contribution in [2.45, 2.75) is 25.9 Å². The van der Waals surface area contributed by atoms with Crippen molar-refractivity contribution in [3.63, 3.8) is 0 Å². The molecule has 1 heterocycles. The van der Waals surface area contributed by atoms with Crippen molar-refractivity contribution < 1.29 is 9.90 Å². The van der Waals surface area contributed by atoms with Gasteiger partial charge in [0.15, 0.2) is 5.82 Å². The molecule has 174 valence electrons. The molecule has 0 saturated heterocycles. The van der Waals surface area contributed by atoms with Crippen molar-refractivity contribution in [3.05, 3.63) is 111 Å². The van der Waals surface area contributed by atoms with Gasteiger partial charge in [0, 0.05) is 10.0 Å². The molecule has 0 fully saturated rings. The molecule has 1 amide bonds. The van der Waals surface area contributed by atoms with Crippen LogP contribution in [0.3, 0.4) is 0 Å². The highest BCUT2D eigenvalue weighted by atomic mass is 79.9. The molecule has 6 heteroatoms. The smallest absolute Gasteiger partial charge is 0.230 e. The molecule has 1 aromatic heterocycles. The Morgan fingerprint density at radius 2 is 1.71 bits per heavy atom. The van der Waals surface area contributed by atoms with Gasteiger partial charge >= 0.3 is 0 Å². The molecule has 0 radical (unpaired) electrons. The van der Waals surface area contributed by atoms with E-state index in [2.05, 4.69) is 21.2 Å². The second-order valence-electron chi connectivity index (χ2n) is 8.50. The van der Waals surface area contributed by atoms with Gasteiger partial charge in [-0.25, -0.2) is 9.97 Å². The summed E-state index contributed by atoms with van der Waals surface area (Å²) >= 11 is 3.43. The average Bonchev–Trinajstić information content (AvgIpc) is 2.89. The van der Waals surface area contributed by atoms with Crippen LogP contribution in [0.1, 0.15) is 33.6 Å². The van der Waals surface area contributed by atoms with Gasteiger partial charge in [-0.05, 0) is 53.3 Å². The van der Waals surface area contributed by atoms with Crippen LogP contribution in [0.4, 0.5) is 5.82 Å². The number of rotatable bonds is 6. The summed E-state index contributed by atoms with van der Waals surface area (Å²) in [4.78, 5) is 22.7. The molecule has 1 aliphatic rings. The zero-order valence-electron chi connectivity index (χ0n) is 19.0. The first-order chi connectivity index (χ1) is 17.1. The van der Waals surface area contributed by atoms with E-state index in [1.54, 1.807) is 0 Å². The van der Waals surface area contributed by atoms with Crippen LogP contribution < -0.4 is 5.32 Å². The molecule has 5 nitrogen and oxygen atoms in total. The molecule has 0 bridgehead atoms. The molecule has 1 aliphatic carbocycles. The van der Waals surface area contributed by atoms with Crippen molar-refractivity contribution >= 4 is 39.8 Å². The molecule has 4 aromatic rings. The molecule has 0 unspecified atom stereocenters. The molecule has 0 saturated carbocycles. The van der Waals surface area contributed by atoms with Gasteiger partial charge in [0.2, 0.25) is 5.91 Å². The number of nitrogens with one attached hydrogen (secondary N) is 1. The number of carbonyl (C=O) groups is 1. The quantitative estimate of drug-likeness (QED) is 0.331. The Morgan fingerprint density at radius 1 is 0.943 bits per heavy atom. The maximum absolute atomic E-state index is 12.9. The maximum Gasteiger partial charge on any atom is 0.230 e. The number of benzene rings is 3. The number of aromatic nitrogens is 2. The zero-order valence-corrected chi connectivity index (χ0v) is 20.6. The van der Waals surface area contributed by atoms with Crippen LogP contribution in [-0.2, 0) is 30.7 Å². The number of carbonyl (C=O) groups excluding carboxylic acids is 1. The van der Waals surface area contributed by atoms with E-state index in [0.29, 0.717) is 11.5 Å². The summed E-state index contributed by atoms with van der Waals surface area (Å²) in [6.07, 6.45) is 5.66. The fourth-order valence-corrected chi connectivity index (χ4v) is 4.49. The Bertz CT molecular complexity index is 1400. The highest BCUT2D eigenvalue weighted by molar-refractivity contribution is 9.10. The lowest BCUT2D eigenvalue weighted by Crippen LogP contribution is -2.19. The minimum atomic E-state index is -0.139. The summed E-state index contributed by atoms with van der Waals surface area (Å²) in [7, 11) is 0. The van der Waals surface area contributed by atoms with E-state index in [1.807, 2.05) is 84.9 Å². The topological polar surface area (TPSA) is 75.1 Å². The Labute approximate surface area is 212 Å². The summed E-state index contributed by atoms with van der Waals surface area (Å²) in [5.41, 5.74) is 7.33. The van der Waals surface area contributed by atoms with E-state index in [1.165, 1.54) is 0 Å². The number of aliphatic hydroxyl groups excluding tert-OH is 1. The van der Waals surface area contributed by atoms with E-state index < -0.39 is 0 Å². The molecule has 5 rings (SSSR count). The summed E-state index contributed by atoms with van der Waals surface area (Å²) in [6, 6.07) is 23.6. The lowest BCUT2D eigenvalue weighted by Gasteiger charge is -2.21. The van der Waals surface area contributed by atoms with E-state index in [0.717, 1.165) is 56.5 Å². The molecule has 3 aromatic carbocycles. The van der Waals surface area contributed by atoms with Gasteiger partial charge in [0.25, 0.3) is 0 Å². The standard InChI is InChI=1S/C29H24BrN3O2/c30-23-11-6-20(7-12-23)17-27(35)33-29-26(14-9-19-4-2-1-3-5-19)31-28-24-13-8-21(18-34)16-22(24)10-15-25(28)32-29/h1-9,11-14,16,34H,10,15,17-18H2,(H,32,33,35). The molecule has 2 N–H and O–H groups in total. The number of aliphatic hydroxyl groups is 1. The third-order valence-electron chi connectivity index (χ3n) is 6.00. The van der Waals surface area contributed by atoms with Crippen LogP contribution in [0, 0.1) is 0 Å². The number of nitrogens with zero attached hydrogens (tertiary/aromatic N) is 2. The molecule has 0 aliphatic heterocycles. The molecular weight excluding hydrogens is 502 g/mol. The average molecular weight is 526 g/mol. The summed E-state index contributed by atoms with van der Waals surface area (Å²) in [5, 5.41) is 12.5. The number of fused-ring (bicyclic) bond motifs is 3. The minimum Gasteiger partial charge on any atom is -0.392 e. The predicted octanol–water partition coefficient (Wildman–Crippen LogP) is 5.85. The van der Waals surface area contributed by atoms with E-state index in [4.69, 9.17) is 9.97 Å². The maximum atomic E-state index is 12.9. The summed E-state index contributed by atoms with van der Waals surface area (Å²) < 4.78 is 0.974. The van der Waals surface area contributed by atoms with Crippen LogP contribution in [0.2, 0.25) is 0 Å². The SMILES string of the molecule is O=C(Cc1ccc(Br)cc1)Nc1nc2c(nc1C=Cc1ccccc1)-c1ccc(CO)cc1CC2. The van der Waals surface area contributed by atoms with Crippen LogP contribution in [0.5, 0.6) is 0 Å². The molecule has 0 spiro atoms. The Hall–Kier alpha value is -3.61. The Kier molecular flexibility index (Phi) is 6.84. The zero-order chi connectivity index (χ0) is 24.2. The van der Waals surface area contributed by atoms with Gasteiger partial charge in [-0.15, -0.1) is 0 Å². The van der Waals surface area contributed by atoms with Gasteiger partial charge in [-0.3, -0.25) is 4.79 Å². The Morgan fingerprint density at radius 3 is 2.49 bits per heavy atom. The third kappa shape index (κ3) is 5.39. The highest BCUT2D eigenvalue weighted by Gasteiger charge is 2.22. The van der Waals surface area contributed by atoms with Gasteiger partial charge < -0.3 is 10.4 Å². The van der Waals surface area contributed by atoms with E-state index >= 15 is 0 Å². The van der Waals surface area contributed by atoms with Crippen molar-refractivity contribution in [1.82, 2.24) is 9.97 Å². The van der Waals surface area contributed by atoms with Crippen molar-refractivity contribution in [3.8, 4) is 11.3 Å². The number of halogens is 1. The van der Waals surface area contributed by atoms with Crippen molar-refractivity contribution in [2.75, 3.05) is 5.32 Å².